The molecule has 2 aromatic rings. The van der Waals surface area contributed by atoms with Crippen LogP contribution in [0.2, 0.25) is 0 Å². The van der Waals surface area contributed by atoms with Crippen LogP contribution in [0.4, 0.5) is 5.69 Å². The summed E-state index contributed by atoms with van der Waals surface area (Å²) in [5, 5.41) is 5.80. The van der Waals surface area contributed by atoms with E-state index in [1.165, 1.54) is 0 Å². The Hall–Kier alpha value is -2.41. The normalized spacial score (nSPS) is 19.4. The molecule has 0 aliphatic carbocycles. The Morgan fingerprint density at radius 2 is 1.79 bits per heavy atom. The lowest BCUT2D eigenvalue weighted by Gasteiger charge is -2.17. The van der Waals surface area contributed by atoms with Gasteiger partial charge in [-0.15, -0.1) is 12.4 Å². The lowest BCUT2D eigenvalue weighted by molar-refractivity contribution is -0.126. The lowest BCUT2D eigenvalue weighted by Crippen LogP contribution is -2.31. The molecule has 0 saturated carbocycles. The molecule has 28 heavy (non-hydrogen) atoms. The number of amides is 2. The summed E-state index contributed by atoms with van der Waals surface area (Å²) in [4.78, 5) is 25.2. The molecule has 3 atom stereocenters. The Kier molecular flexibility index (Phi) is 7.99. The van der Waals surface area contributed by atoms with Gasteiger partial charge in [0.1, 0.15) is 6.10 Å². The van der Waals surface area contributed by atoms with Crippen LogP contribution in [0.25, 0.3) is 0 Å². The molecule has 0 aromatic heterocycles. The van der Waals surface area contributed by atoms with Gasteiger partial charge < -0.3 is 21.1 Å². The molecule has 6 nitrogen and oxygen atoms in total. The number of carbonyl (C=O) groups is 2. The zero-order chi connectivity index (χ0) is 19.2. The highest BCUT2D eigenvalue weighted by Gasteiger charge is 2.30. The highest BCUT2D eigenvalue weighted by atomic mass is 35.5. The van der Waals surface area contributed by atoms with Crippen molar-refractivity contribution < 1.29 is 14.3 Å². The molecule has 1 fully saturated rings. The molecule has 1 unspecified atom stereocenters. The first-order valence-corrected chi connectivity index (χ1v) is 9.19. The summed E-state index contributed by atoms with van der Waals surface area (Å²) >= 11 is 0. The van der Waals surface area contributed by atoms with E-state index in [1.807, 2.05) is 37.3 Å². The standard InChI is InChI=1S/C21H25N3O3.ClH/c1-14(15-7-3-2-4-8-15)23-20(25)17-9-5-6-10-18(17)24-21(26)19-12-11-16(13-22)27-19;/h2-10,14,16,19H,11-13,22H2,1H3,(H,23,25)(H,24,26);1H/t14?,16-,19+;/m1./s1. The van der Waals surface area contributed by atoms with Crippen LogP contribution in [-0.4, -0.2) is 30.6 Å². The van der Waals surface area contributed by atoms with Crippen LogP contribution in [0.3, 0.4) is 0 Å². The first kappa shape index (κ1) is 21.9. The van der Waals surface area contributed by atoms with E-state index in [2.05, 4.69) is 10.6 Å². The SMILES string of the molecule is CC(NC(=O)c1ccccc1NC(=O)[C@@H]1CC[C@H](CN)O1)c1ccccc1.Cl. The molecule has 2 aromatic carbocycles. The summed E-state index contributed by atoms with van der Waals surface area (Å²) in [6.45, 7) is 2.33. The Labute approximate surface area is 171 Å². The summed E-state index contributed by atoms with van der Waals surface area (Å²) in [5.74, 6) is -0.489. The van der Waals surface area contributed by atoms with Gasteiger partial charge in [-0.2, -0.15) is 0 Å². The first-order valence-electron chi connectivity index (χ1n) is 9.19. The van der Waals surface area contributed by atoms with Crippen molar-refractivity contribution in [3.05, 3.63) is 65.7 Å². The number of halogens is 1. The van der Waals surface area contributed by atoms with Crippen molar-refractivity contribution in [2.24, 2.45) is 5.73 Å². The number of nitrogens with one attached hydrogen (secondary N) is 2. The van der Waals surface area contributed by atoms with Gasteiger partial charge >= 0.3 is 0 Å². The van der Waals surface area contributed by atoms with Crippen LogP contribution in [0.5, 0.6) is 0 Å². The molecule has 1 aliphatic heterocycles. The van der Waals surface area contributed by atoms with Crippen molar-refractivity contribution in [2.45, 2.75) is 38.0 Å². The van der Waals surface area contributed by atoms with E-state index in [-0.39, 0.29) is 36.4 Å². The van der Waals surface area contributed by atoms with E-state index in [0.29, 0.717) is 24.2 Å². The van der Waals surface area contributed by atoms with Gasteiger partial charge in [-0.25, -0.2) is 0 Å². The number of hydrogen-bond donors (Lipinski definition) is 3. The largest absolute Gasteiger partial charge is 0.364 e. The summed E-state index contributed by atoms with van der Waals surface area (Å²) in [5.41, 5.74) is 7.50. The molecule has 150 valence electrons. The van der Waals surface area contributed by atoms with Crippen molar-refractivity contribution in [3.8, 4) is 0 Å². The second-order valence-electron chi connectivity index (χ2n) is 6.70. The average Bonchev–Trinajstić information content (AvgIpc) is 3.18. The summed E-state index contributed by atoms with van der Waals surface area (Å²) in [6.07, 6.45) is 0.794. The van der Waals surface area contributed by atoms with Crippen LogP contribution >= 0.6 is 12.4 Å². The quantitative estimate of drug-likeness (QED) is 0.691. The number of ether oxygens (including phenoxy) is 1. The van der Waals surface area contributed by atoms with Gasteiger partial charge in [0.05, 0.1) is 23.4 Å². The van der Waals surface area contributed by atoms with Crippen LogP contribution in [0.1, 0.15) is 41.7 Å². The van der Waals surface area contributed by atoms with Crippen LogP contribution in [0, 0.1) is 0 Å². The fourth-order valence-electron chi connectivity index (χ4n) is 3.17. The van der Waals surface area contributed by atoms with Gasteiger partial charge in [0, 0.05) is 6.54 Å². The van der Waals surface area contributed by atoms with Gasteiger partial charge in [0.15, 0.2) is 0 Å². The maximum Gasteiger partial charge on any atom is 0.253 e. The Balaban J connectivity index is 0.00000280. The number of hydrogen-bond acceptors (Lipinski definition) is 4. The average molecular weight is 404 g/mol. The minimum absolute atomic E-state index is 0. The van der Waals surface area contributed by atoms with Crippen LogP contribution in [0.15, 0.2) is 54.6 Å². The molecular weight excluding hydrogens is 378 g/mol. The zero-order valence-electron chi connectivity index (χ0n) is 15.8. The smallest absolute Gasteiger partial charge is 0.253 e. The molecule has 4 N–H and O–H groups in total. The lowest BCUT2D eigenvalue weighted by atomic mass is 10.1. The Bertz CT molecular complexity index is 800. The van der Waals surface area contributed by atoms with Gasteiger partial charge in [-0.1, -0.05) is 42.5 Å². The predicted octanol–water partition coefficient (Wildman–Crippen LogP) is 3.04. The third-order valence-corrected chi connectivity index (χ3v) is 4.74. The molecule has 3 rings (SSSR count). The van der Waals surface area contributed by atoms with Crippen molar-refractivity contribution in [1.82, 2.24) is 5.32 Å². The monoisotopic (exact) mass is 403 g/mol. The molecule has 0 spiro atoms. The predicted molar refractivity (Wildman–Crippen MR) is 112 cm³/mol. The maximum atomic E-state index is 12.7. The third-order valence-electron chi connectivity index (χ3n) is 4.74. The van der Waals surface area contributed by atoms with Gasteiger partial charge in [0.25, 0.3) is 11.8 Å². The molecule has 0 radical (unpaired) electrons. The number of rotatable bonds is 6. The number of anilines is 1. The van der Waals surface area contributed by atoms with Crippen molar-refractivity contribution in [2.75, 3.05) is 11.9 Å². The molecule has 1 aliphatic rings. The first-order chi connectivity index (χ1) is 13.1. The minimum atomic E-state index is -0.530. The van der Waals surface area contributed by atoms with E-state index in [4.69, 9.17) is 10.5 Å². The van der Waals surface area contributed by atoms with Crippen LogP contribution in [-0.2, 0) is 9.53 Å². The summed E-state index contributed by atoms with van der Waals surface area (Å²) < 4.78 is 5.63. The van der Waals surface area contributed by atoms with Crippen molar-refractivity contribution in [3.63, 3.8) is 0 Å². The molecule has 7 heteroatoms. The fourth-order valence-corrected chi connectivity index (χ4v) is 3.17. The fraction of sp³-hybridized carbons (Fsp3) is 0.333. The molecular formula is C21H26ClN3O3. The third kappa shape index (κ3) is 5.32. The second-order valence-corrected chi connectivity index (χ2v) is 6.70. The van der Waals surface area contributed by atoms with E-state index in [1.54, 1.807) is 24.3 Å². The van der Waals surface area contributed by atoms with Crippen molar-refractivity contribution in [1.29, 1.82) is 0 Å². The number of benzene rings is 2. The van der Waals surface area contributed by atoms with E-state index < -0.39 is 6.10 Å². The Morgan fingerprint density at radius 3 is 2.46 bits per heavy atom. The van der Waals surface area contributed by atoms with E-state index in [0.717, 1.165) is 12.0 Å². The molecule has 1 saturated heterocycles. The molecule has 0 bridgehead atoms. The van der Waals surface area contributed by atoms with Gasteiger partial charge in [0.2, 0.25) is 0 Å². The number of para-hydroxylation sites is 1. The summed E-state index contributed by atoms with van der Waals surface area (Å²) in [7, 11) is 0. The van der Waals surface area contributed by atoms with Crippen LogP contribution < -0.4 is 16.4 Å². The highest BCUT2D eigenvalue weighted by Crippen LogP contribution is 2.22. The maximum absolute atomic E-state index is 12.7. The number of nitrogens with two attached hydrogens (primary N) is 1. The second kappa shape index (κ2) is 10.2. The summed E-state index contributed by atoms with van der Waals surface area (Å²) in [6, 6.07) is 16.5. The topological polar surface area (TPSA) is 93.5 Å². The van der Waals surface area contributed by atoms with E-state index in [9.17, 15) is 9.59 Å². The zero-order valence-corrected chi connectivity index (χ0v) is 16.6. The van der Waals surface area contributed by atoms with Crippen molar-refractivity contribution >= 4 is 29.9 Å². The minimum Gasteiger partial charge on any atom is -0.364 e. The van der Waals surface area contributed by atoms with E-state index >= 15 is 0 Å². The molecule has 1 heterocycles. The van der Waals surface area contributed by atoms with Gasteiger partial charge in [-0.3, -0.25) is 9.59 Å². The molecule has 2 amide bonds. The highest BCUT2D eigenvalue weighted by molar-refractivity contribution is 6.04. The Morgan fingerprint density at radius 1 is 1.11 bits per heavy atom. The van der Waals surface area contributed by atoms with Gasteiger partial charge in [-0.05, 0) is 37.5 Å². The number of carbonyl (C=O) groups excluding carboxylic acids is 2.